The average molecular weight is 228 g/mol. The molecule has 0 saturated carbocycles. The van der Waals surface area contributed by atoms with Crippen molar-refractivity contribution in [2.24, 2.45) is 5.92 Å². The standard InChI is InChI=1S/C13H15F3/c1-9(2)8-11-4-6-12(7-5-11)10(3)13(14,15)16/h4-7,9H,3,8H2,1-2H3. The Morgan fingerprint density at radius 3 is 2.06 bits per heavy atom. The summed E-state index contributed by atoms with van der Waals surface area (Å²) in [5, 5.41) is 0. The maximum atomic E-state index is 12.3. The molecule has 0 atom stereocenters. The molecule has 0 unspecified atom stereocenters. The maximum absolute atomic E-state index is 12.3. The van der Waals surface area contributed by atoms with Crippen LogP contribution in [0, 0.1) is 5.92 Å². The van der Waals surface area contributed by atoms with Gasteiger partial charge in [-0.15, -0.1) is 0 Å². The zero-order chi connectivity index (χ0) is 12.3. The van der Waals surface area contributed by atoms with Crippen LogP contribution in [0.4, 0.5) is 13.2 Å². The molecule has 0 nitrogen and oxygen atoms in total. The summed E-state index contributed by atoms with van der Waals surface area (Å²) in [6, 6.07) is 6.42. The van der Waals surface area contributed by atoms with Crippen molar-refractivity contribution >= 4 is 5.57 Å². The average Bonchev–Trinajstić information content (AvgIpc) is 2.15. The first-order valence-electron chi connectivity index (χ1n) is 5.16. The molecule has 0 spiro atoms. The summed E-state index contributed by atoms with van der Waals surface area (Å²) < 4.78 is 37.0. The zero-order valence-electron chi connectivity index (χ0n) is 9.43. The lowest BCUT2D eigenvalue weighted by molar-refractivity contribution is -0.0686. The first-order valence-corrected chi connectivity index (χ1v) is 5.16. The van der Waals surface area contributed by atoms with E-state index < -0.39 is 11.7 Å². The molecule has 1 aromatic rings. The predicted molar refractivity (Wildman–Crippen MR) is 60.1 cm³/mol. The van der Waals surface area contributed by atoms with Gasteiger partial charge in [0.1, 0.15) is 0 Å². The number of rotatable bonds is 3. The van der Waals surface area contributed by atoms with Crippen LogP contribution >= 0.6 is 0 Å². The van der Waals surface area contributed by atoms with Gasteiger partial charge in [-0.1, -0.05) is 44.7 Å². The molecule has 0 heterocycles. The Hall–Kier alpha value is -1.25. The molecule has 0 aromatic heterocycles. The molecular weight excluding hydrogens is 213 g/mol. The van der Waals surface area contributed by atoms with E-state index in [4.69, 9.17) is 0 Å². The van der Waals surface area contributed by atoms with Crippen molar-refractivity contribution in [2.45, 2.75) is 26.4 Å². The van der Waals surface area contributed by atoms with Crippen LogP contribution in [0.3, 0.4) is 0 Å². The molecule has 1 rings (SSSR count). The molecule has 0 aliphatic heterocycles. The molecule has 1 aromatic carbocycles. The molecule has 0 radical (unpaired) electrons. The smallest absolute Gasteiger partial charge is 0.166 e. The van der Waals surface area contributed by atoms with Crippen molar-refractivity contribution in [1.29, 1.82) is 0 Å². The monoisotopic (exact) mass is 228 g/mol. The summed E-state index contributed by atoms with van der Waals surface area (Å²) in [5.74, 6) is 0.497. The molecule has 0 aliphatic rings. The van der Waals surface area contributed by atoms with Gasteiger partial charge in [0.25, 0.3) is 0 Å². The fourth-order valence-electron chi connectivity index (χ4n) is 1.48. The van der Waals surface area contributed by atoms with Gasteiger partial charge in [-0.2, -0.15) is 13.2 Å². The minimum absolute atomic E-state index is 0.139. The van der Waals surface area contributed by atoms with Gasteiger partial charge in [-0.05, 0) is 23.5 Å². The van der Waals surface area contributed by atoms with Crippen molar-refractivity contribution < 1.29 is 13.2 Å². The van der Waals surface area contributed by atoms with Gasteiger partial charge in [0.2, 0.25) is 0 Å². The van der Waals surface area contributed by atoms with E-state index in [1.165, 1.54) is 12.1 Å². The van der Waals surface area contributed by atoms with E-state index in [1.54, 1.807) is 12.1 Å². The number of halogens is 3. The van der Waals surface area contributed by atoms with Gasteiger partial charge in [-0.25, -0.2) is 0 Å². The van der Waals surface area contributed by atoms with E-state index in [0.717, 1.165) is 12.0 Å². The normalized spacial score (nSPS) is 11.9. The van der Waals surface area contributed by atoms with Crippen LogP contribution in [0.1, 0.15) is 25.0 Å². The van der Waals surface area contributed by atoms with Crippen LogP contribution in [0.5, 0.6) is 0 Å². The Labute approximate surface area is 93.8 Å². The first-order chi connectivity index (χ1) is 7.30. The molecule has 16 heavy (non-hydrogen) atoms. The third-order valence-corrected chi connectivity index (χ3v) is 2.29. The highest BCUT2D eigenvalue weighted by molar-refractivity contribution is 5.67. The van der Waals surface area contributed by atoms with E-state index in [-0.39, 0.29) is 5.56 Å². The van der Waals surface area contributed by atoms with E-state index in [2.05, 4.69) is 20.4 Å². The topological polar surface area (TPSA) is 0 Å². The zero-order valence-corrected chi connectivity index (χ0v) is 9.43. The molecular formula is C13H15F3. The Morgan fingerprint density at radius 1 is 1.19 bits per heavy atom. The fraction of sp³-hybridized carbons (Fsp3) is 0.385. The molecule has 0 saturated heterocycles. The highest BCUT2D eigenvalue weighted by atomic mass is 19.4. The molecule has 0 aliphatic carbocycles. The predicted octanol–water partition coefficient (Wildman–Crippen LogP) is 4.46. The summed E-state index contributed by atoms with van der Waals surface area (Å²) in [7, 11) is 0. The lowest BCUT2D eigenvalue weighted by atomic mass is 9.99. The number of alkyl halides is 3. The van der Waals surface area contributed by atoms with E-state index in [9.17, 15) is 13.2 Å². The van der Waals surface area contributed by atoms with Crippen molar-refractivity contribution in [3.05, 3.63) is 42.0 Å². The summed E-state index contributed by atoms with van der Waals surface area (Å²) >= 11 is 0. The van der Waals surface area contributed by atoms with Crippen LogP contribution in [0.2, 0.25) is 0 Å². The molecule has 0 fully saturated rings. The van der Waals surface area contributed by atoms with Gasteiger partial charge in [-0.3, -0.25) is 0 Å². The van der Waals surface area contributed by atoms with Crippen molar-refractivity contribution in [1.82, 2.24) is 0 Å². The Kier molecular flexibility index (Phi) is 3.79. The summed E-state index contributed by atoms with van der Waals surface area (Å²) in [4.78, 5) is 0. The van der Waals surface area contributed by atoms with Gasteiger partial charge >= 0.3 is 6.18 Å². The highest BCUT2D eigenvalue weighted by Crippen LogP contribution is 2.32. The number of benzene rings is 1. The Balaban J connectivity index is 2.83. The quantitative estimate of drug-likeness (QED) is 0.716. The molecule has 0 bridgehead atoms. The molecule has 3 heteroatoms. The van der Waals surface area contributed by atoms with Crippen LogP contribution < -0.4 is 0 Å². The van der Waals surface area contributed by atoms with Crippen molar-refractivity contribution in [2.75, 3.05) is 0 Å². The molecule has 0 N–H and O–H groups in total. The fourth-order valence-corrected chi connectivity index (χ4v) is 1.48. The SMILES string of the molecule is C=C(c1ccc(CC(C)C)cc1)C(F)(F)F. The van der Waals surface area contributed by atoms with Crippen LogP contribution in [-0.4, -0.2) is 6.18 Å². The van der Waals surface area contributed by atoms with E-state index in [0.29, 0.717) is 5.92 Å². The number of hydrogen-bond donors (Lipinski definition) is 0. The van der Waals surface area contributed by atoms with Gasteiger partial charge in [0, 0.05) is 0 Å². The second kappa shape index (κ2) is 4.73. The second-order valence-corrected chi connectivity index (χ2v) is 4.27. The summed E-state index contributed by atoms with van der Waals surface area (Å²) in [6.07, 6.45) is -3.47. The third kappa shape index (κ3) is 3.40. The van der Waals surface area contributed by atoms with Crippen molar-refractivity contribution in [3.8, 4) is 0 Å². The first kappa shape index (κ1) is 12.8. The highest BCUT2D eigenvalue weighted by Gasteiger charge is 2.32. The number of hydrogen-bond acceptors (Lipinski definition) is 0. The van der Waals surface area contributed by atoms with E-state index >= 15 is 0 Å². The van der Waals surface area contributed by atoms with Crippen molar-refractivity contribution in [3.63, 3.8) is 0 Å². The van der Waals surface area contributed by atoms with Crippen LogP contribution in [0.15, 0.2) is 30.8 Å². The second-order valence-electron chi connectivity index (χ2n) is 4.27. The maximum Gasteiger partial charge on any atom is 0.416 e. The van der Waals surface area contributed by atoms with Gasteiger partial charge in [0.05, 0.1) is 5.57 Å². The number of allylic oxidation sites excluding steroid dienone is 1. The largest absolute Gasteiger partial charge is 0.416 e. The lowest BCUT2D eigenvalue weighted by Gasteiger charge is -2.11. The Bertz CT molecular complexity index is 358. The Morgan fingerprint density at radius 2 is 1.69 bits per heavy atom. The third-order valence-electron chi connectivity index (χ3n) is 2.29. The minimum atomic E-state index is -4.35. The van der Waals surface area contributed by atoms with Gasteiger partial charge < -0.3 is 0 Å². The minimum Gasteiger partial charge on any atom is -0.166 e. The summed E-state index contributed by atoms with van der Waals surface area (Å²) in [6.45, 7) is 7.21. The molecule has 0 amide bonds. The van der Waals surface area contributed by atoms with Crippen LogP contribution in [0.25, 0.3) is 5.57 Å². The lowest BCUT2D eigenvalue weighted by Crippen LogP contribution is -2.09. The summed E-state index contributed by atoms with van der Waals surface area (Å²) in [5.41, 5.74) is 0.400. The van der Waals surface area contributed by atoms with E-state index in [1.807, 2.05) is 0 Å². The van der Waals surface area contributed by atoms with Gasteiger partial charge in [0.15, 0.2) is 0 Å². The molecule has 88 valence electrons. The van der Waals surface area contributed by atoms with Crippen LogP contribution in [-0.2, 0) is 6.42 Å².